The number of hydrogen-bond donors (Lipinski definition) is 1. The van der Waals surface area contributed by atoms with Gasteiger partial charge in [-0.15, -0.1) is 11.8 Å². The van der Waals surface area contributed by atoms with E-state index in [2.05, 4.69) is 20.9 Å². The molecule has 0 unspecified atom stereocenters. The van der Waals surface area contributed by atoms with Crippen LogP contribution in [-0.2, 0) is 11.3 Å². The first kappa shape index (κ1) is 17.5. The zero-order valence-corrected chi connectivity index (χ0v) is 14.9. The lowest BCUT2D eigenvalue weighted by Gasteiger charge is -2.08. The van der Waals surface area contributed by atoms with Crippen LogP contribution in [-0.4, -0.2) is 27.8 Å². The Balaban J connectivity index is 1.44. The van der Waals surface area contributed by atoms with Crippen molar-refractivity contribution in [3.8, 4) is 0 Å². The molecule has 0 spiro atoms. The molecule has 0 saturated heterocycles. The maximum atomic E-state index is 13.5. The van der Waals surface area contributed by atoms with Crippen LogP contribution in [0.2, 0.25) is 0 Å². The number of aromatic nitrogens is 2. The number of amides is 1. The molecule has 0 aliphatic rings. The highest BCUT2D eigenvalue weighted by Gasteiger charge is 2.08. The van der Waals surface area contributed by atoms with Gasteiger partial charge >= 0.3 is 0 Å². The average Bonchev–Trinajstić information content (AvgIpc) is 2.93. The monoisotopic (exact) mass is 357 g/mol. The van der Waals surface area contributed by atoms with E-state index in [0.717, 1.165) is 29.8 Å². The number of rotatable bonds is 7. The lowest BCUT2D eigenvalue weighted by atomic mass is 10.3. The lowest BCUT2D eigenvalue weighted by Crippen LogP contribution is -2.27. The van der Waals surface area contributed by atoms with Crippen molar-refractivity contribution < 1.29 is 9.18 Å². The number of fused-ring (bicyclic) bond motifs is 1. The molecule has 1 N–H and O–H groups in total. The summed E-state index contributed by atoms with van der Waals surface area (Å²) in [6, 6.07) is 14.5. The fraction of sp³-hybridized carbons (Fsp3) is 0.263. The Hall–Kier alpha value is -2.34. The Labute approximate surface area is 150 Å². The second-order valence-electron chi connectivity index (χ2n) is 5.72. The molecule has 1 heterocycles. The van der Waals surface area contributed by atoms with E-state index < -0.39 is 0 Å². The number of para-hydroxylation sites is 2. The highest BCUT2D eigenvalue weighted by atomic mass is 32.2. The zero-order chi connectivity index (χ0) is 17.6. The van der Waals surface area contributed by atoms with Crippen molar-refractivity contribution in [1.82, 2.24) is 14.9 Å². The smallest absolute Gasteiger partial charge is 0.230 e. The van der Waals surface area contributed by atoms with E-state index in [1.165, 1.54) is 17.8 Å². The molecule has 0 fully saturated rings. The average molecular weight is 357 g/mol. The molecule has 3 aromatic rings. The molecular formula is C19H20FN3OS. The van der Waals surface area contributed by atoms with Crippen molar-refractivity contribution in [2.75, 3.05) is 12.3 Å². The summed E-state index contributed by atoms with van der Waals surface area (Å²) in [7, 11) is 0. The number of halogens is 1. The van der Waals surface area contributed by atoms with Crippen LogP contribution in [0.15, 0.2) is 53.4 Å². The maximum Gasteiger partial charge on any atom is 0.230 e. The van der Waals surface area contributed by atoms with Gasteiger partial charge in [0, 0.05) is 18.0 Å². The van der Waals surface area contributed by atoms with Gasteiger partial charge in [0.2, 0.25) is 5.91 Å². The van der Waals surface area contributed by atoms with Crippen LogP contribution in [0.1, 0.15) is 12.2 Å². The Kier molecular flexibility index (Phi) is 5.71. The van der Waals surface area contributed by atoms with Crippen LogP contribution in [0.4, 0.5) is 4.39 Å². The van der Waals surface area contributed by atoms with Crippen molar-refractivity contribution >= 4 is 28.7 Å². The largest absolute Gasteiger partial charge is 0.355 e. The van der Waals surface area contributed by atoms with Crippen molar-refractivity contribution in [2.24, 2.45) is 0 Å². The first-order valence-electron chi connectivity index (χ1n) is 8.21. The maximum absolute atomic E-state index is 13.5. The molecule has 0 aliphatic heterocycles. The van der Waals surface area contributed by atoms with Gasteiger partial charge in [-0.25, -0.2) is 9.37 Å². The number of aryl methyl sites for hydroxylation is 2. The van der Waals surface area contributed by atoms with Crippen molar-refractivity contribution in [3.63, 3.8) is 0 Å². The third kappa shape index (κ3) is 4.39. The van der Waals surface area contributed by atoms with Crippen LogP contribution in [0.5, 0.6) is 0 Å². The number of hydrogen-bond acceptors (Lipinski definition) is 3. The van der Waals surface area contributed by atoms with Gasteiger partial charge in [-0.3, -0.25) is 4.79 Å². The molecule has 0 bridgehead atoms. The summed E-state index contributed by atoms with van der Waals surface area (Å²) in [5.74, 6) is 0.819. The van der Waals surface area contributed by atoms with E-state index in [9.17, 15) is 9.18 Å². The summed E-state index contributed by atoms with van der Waals surface area (Å²) in [4.78, 5) is 16.9. The van der Waals surface area contributed by atoms with E-state index in [4.69, 9.17) is 0 Å². The Morgan fingerprint density at radius 3 is 2.80 bits per heavy atom. The summed E-state index contributed by atoms with van der Waals surface area (Å²) in [6.07, 6.45) is 0.817. The number of nitrogens with zero attached hydrogens (tertiary/aromatic N) is 2. The Bertz CT molecular complexity index is 878. The predicted molar refractivity (Wildman–Crippen MR) is 99.2 cm³/mol. The first-order valence-corrected chi connectivity index (χ1v) is 9.19. The Morgan fingerprint density at radius 1 is 1.20 bits per heavy atom. The van der Waals surface area contributed by atoms with Gasteiger partial charge in [0.15, 0.2) is 0 Å². The van der Waals surface area contributed by atoms with E-state index in [0.29, 0.717) is 11.4 Å². The molecule has 0 aliphatic carbocycles. The lowest BCUT2D eigenvalue weighted by molar-refractivity contribution is -0.118. The van der Waals surface area contributed by atoms with Gasteiger partial charge in [-0.1, -0.05) is 24.3 Å². The van der Waals surface area contributed by atoms with Crippen LogP contribution in [0.25, 0.3) is 11.0 Å². The van der Waals surface area contributed by atoms with Gasteiger partial charge < -0.3 is 9.88 Å². The number of benzene rings is 2. The number of nitrogens with one attached hydrogen (secondary N) is 1. The van der Waals surface area contributed by atoms with Crippen molar-refractivity contribution in [2.45, 2.75) is 24.8 Å². The molecule has 130 valence electrons. The second-order valence-corrected chi connectivity index (χ2v) is 6.74. The van der Waals surface area contributed by atoms with Crippen molar-refractivity contribution in [1.29, 1.82) is 0 Å². The summed E-state index contributed by atoms with van der Waals surface area (Å²) in [5, 5.41) is 2.89. The predicted octanol–water partition coefficient (Wildman–Crippen LogP) is 3.78. The van der Waals surface area contributed by atoms with Gasteiger partial charge in [0.25, 0.3) is 0 Å². The molecular weight excluding hydrogens is 337 g/mol. The SMILES string of the molecule is Cc1nc2ccccc2n1CCCNC(=O)CSc1ccccc1F. The standard InChI is InChI=1S/C19H20FN3OS/c1-14-22-16-8-3-4-9-17(16)23(14)12-6-11-21-19(24)13-25-18-10-5-2-7-15(18)20/h2-5,7-10H,6,11-13H2,1H3,(H,21,24). The third-order valence-corrected chi connectivity index (χ3v) is 4.97. The van der Waals surface area contributed by atoms with E-state index in [1.54, 1.807) is 18.2 Å². The minimum atomic E-state index is -0.289. The van der Waals surface area contributed by atoms with E-state index in [-0.39, 0.29) is 17.5 Å². The number of carbonyl (C=O) groups excluding carboxylic acids is 1. The molecule has 2 aromatic carbocycles. The second kappa shape index (κ2) is 8.16. The molecule has 1 amide bonds. The minimum absolute atomic E-state index is 0.0829. The zero-order valence-electron chi connectivity index (χ0n) is 14.0. The number of imidazole rings is 1. The summed E-state index contributed by atoms with van der Waals surface area (Å²) in [5.41, 5.74) is 2.10. The number of carbonyl (C=O) groups is 1. The molecule has 1 aromatic heterocycles. The van der Waals surface area contributed by atoms with Gasteiger partial charge in [0.1, 0.15) is 11.6 Å². The van der Waals surface area contributed by atoms with Crippen LogP contribution >= 0.6 is 11.8 Å². The van der Waals surface area contributed by atoms with E-state index >= 15 is 0 Å². The number of thioether (sulfide) groups is 1. The van der Waals surface area contributed by atoms with Crippen LogP contribution < -0.4 is 5.32 Å². The van der Waals surface area contributed by atoms with Gasteiger partial charge in [0.05, 0.1) is 16.8 Å². The molecule has 0 radical (unpaired) electrons. The summed E-state index contributed by atoms with van der Waals surface area (Å²) < 4.78 is 15.7. The van der Waals surface area contributed by atoms with Crippen LogP contribution in [0, 0.1) is 12.7 Å². The highest BCUT2D eigenvalue weighted by molar-refractivity contribution is 8.00. The topological polar surface area (TPSA) is 46.9 Å². The molecule has 6 heteroatoms. The van der Waals surface area contributed by atoms with Crippen LogP contribution in [0.3, 0.4) is 0 Å². The quantitative estimate of drug-likeness (QED) is 0.517. The first-order chi connectivity index (χ1) is 12.1. The van der Waals surface area contributed by atoms with E-state index in [1.807, 2.05) is 25.1 Å². The fourth-order valence-corrected chi connectivity index (χ4v) is 3.47. The van der Waals surface area contributed by atoms with Gasteiger partial charge in [-0.2, -0.15) is 0 Å². The van der Waals surface area contributed by atoms with Crippen molar-refractivity contribution in [3.05, 3.63) is 60.2 Å². The van der Waals surface area contributed by atoms with Gasteiger partial charge in [-0.05, 0) is 37.6 Å². The molecule has 0 saturated carbocycles. The highest BCUT2D eigenvalue weighted by Crippen LogP contribution is 2.20. The summed E-state index contributed by atoms with van der Waals surface area (Å²) >= 11 is 1.21. The fourth-order valence-electron chi connectivity index (χ4n) is 2.70. The summed E-state index contributed by atoms with van der Waals surface area (Å²) in [6.45, 7) is 3.37. The molecule has 0 atom stereocenters. The third-order valence-electron chi connectivity index (χ3n) is 3.92. The molecule has 25 heavy (non-hydrogen) atoms. The minimum Gasteiger partial charge on any atom is -0.355 e. The Morgan fingerprint density at radius 2 is 1.96 bits per heavy atom. The molecule has 4 nitrogen and oxygen atoms in total. The normalized spacial score (nSPS) is 11.0. The molecule has 3 rings (SSSR count).